The monoisotopic (exact) mass is 429 g/mol. The third-order valence-corrected chi connectivity index (χ3v) is 8.11. The number of carbonyl (C=O) groups is 1. The Morgan fingerprint density at radius 1 is 1.41 bits per heavy atom. The number of aryl methyl sites for hydroxylation is 1. The topological polar surface area (TPSA) is 91.2 Å². The highest BCUT2D eigenvalue weighted by molar-refractivity contribution is 8.01. The molecule has 27 heavy (non-hydrogen) atoms. The minimum absolute atomic E-state index is 0.00160. The van der Waals surface area contributed by atoms with Crippen LogP contribution in [0.4, 0.5) is 0 Å². The molecule has 0 bridgehead atoms. The summed E-state index contributed by atoms with van der Waals surface area (Å²) in [6, 6.07) is 1.78. The molecule has 10 heteroatoms. The Kier molecular flexibility index (Phi) is 5.97. The quantitative estimate of drug-likeness (QED) is 0.493. The van der Waals surface area contributed by atoms with Gasteiger partial charge < -0.3 is 9.30 Å². The lowest BCUT2D eigenvalue weighted by atomic mass is 10.2. The largest absolute Gasteiger partial charge is 0.466 e. The number of Topliss-reactive ketones (excluding diaryl/α,β-unsaturated/α-hetero) is 1. The number of ether oxygens (including phenoxy) is 1. The van der Waals surface area contributed by atoms with E-state index in [-0.39, 0.29) is 35.2 Å². The van der Waals surface area contributed by atoms with Crippen LogP contribution in [0.5, 0.6) is 5.19 Å². The normalized spacial score (nSPS) is 18.9. The van der Waals surface area contributed by atoms with Crippen molar-refractivity contribution in [1.82, 2.24) is 14.8 Å². The Hall–Kier alpha value is -1.39. The second-order valence-electron chi connectivity index (χ2n) is 6.92. The molecule has 1 aliphatic rings. The van der Waals surface area contributed by atoms with Gasteiger partial charge >= 0.3 is 0 Å². The standard InChI is InChI=1S/C17H23N3O4S3/c1-10(2)24-16-18-19-17(26-16)25-8-15(21)14-7-11(3)20(12(14)4)13-5-6-27(22,23)9-13/h7,10,13H,5-6,8-9H2,1-4H3. The number of hydrogen-bond acceptors (Lipinski definition) is 8. The molecule has 0 N–H and O–H groups in total. The van der Waals surface area contributed by atoms with E-state index in [2.05, 4.69) is 10.2 Å². The molecule has 7 nitrogen and oxygen atoms in total. The lowest BCUT2D eigenvalue weighted by molar-refractivity contribution is 0.102. The molecule has 0 amide bonds. The third kappa shape index (κ3) is 4.72. The summed E-state index contributed by atoms with van der Waals surface area (Å²) in [5, 5.41) is 8.50. The molecule has 2 aromatic rings. The van der Waals surface area contributed by atoms with Crippen molar-refractivity contribution in [3.8, 4) is 5.19 Å². The Bertz CT molecular complexity index is 947. The molecule has 0 aliphatic carbocycles. The zero-order valence-electron chi connectivity index (χ0n) is 15.8. The van der Waals surface area contributed by atoms with Gasteiger partial charge in [0, 0.05) is 23.0 Å². The van der Waals surface area contributed by atoms with Crippen LogP contribution in [-0.4, -0.2) is 52.3 Å². The van der Waals surface area contributed by atoms with E-state index >= 15 is 0 Å². The van der Waals surface area contributed by atoms with Gasteiger partial charge in [-0.15, -0.1) is 5.10 Å². The summed E-state index contributed by atoms with van der Waals surface area (Å²) in [4.78, 5) is 12.7. The highest BCUT2D eigenvalue weighted by Gasteiger charge is 2.31. The molecular formula is C17H23N3O4S3. The fourth-order valence-corrected chi connectivity index (χ4v) is 6.70. The van der Waals surface area contributed by atoms with Crippen LogP contribution in [0, 0.1) is 13.8 Å². The van der Waals surface area contributed by atoms with Gasteiger partial charge in [-0.2, -0.15) is 0 Å². The van der Waals surface area contributed by atoms with Gasteiger partial charge in [0.25, 0.3) is 5.19 Å². The van der Waals surface area contributed by atoms with Crippen molar-refractivity contribution in [1.29, 1.82) is 0 Å². The maximum Gasteiger partial charge on any atom is 0.295 e. The van der Waals surface area contributed by atoms with E-state index < -0.39 is 9.84 Å². The summed E-state index contributed by atoms with van der Waals surface area (Å²) in [5.74, 6) is 0.617. The van der Waals surface area contributed by atoms with Crippen molar-refractivity contribution in [2.24, 2.45) is 0 Å². The van der Waals surface area contributed by atoms with Gasteiger partial charge in [-0.3, -0.25) is 4.79 Å². The molecule has 1 atom stereocenters. The predicted octanol–water partition coefficient (Wildman–Crippen LogP) is 3.08. The van der Waals surface area contributed by atoms with Gasteiger partial charge in [0.2, 0.25) is 0 Å². The smallest absolute Gasteiger partial charge is 0.295 e. The first kappa shape index (κ1) is 20.3. The van der Waals surface area contributed by atoms with Crippen LogP contribution < -0.4 is 4.74 Å². The van der Waals surface area contributed by atoms with E-state index in [1.165, 1.54) is 23.1 Å². The van der Waals surface area contributed by atoms with Gasteiger partial charge in [-0.1, -0.05) is 16.9 Å². The number of aromatic nitrogens is 3. The van der Waals surface area contributed by atoms with Crippen molar-refractivity contribution in [2.45, 2.75) is 50.6 Å². The Balaban J connectivity index is 1.69. The number of nitrogens with zero attached hydrogens (tertiary/aromatic N) is 3. The van der Waals surface area contributed by atoms with Crippen LogP contribution in [0.15, 0.2) is 10.4 Å². The zero-order chi connectivity index (χ0) is 19.8. The molecule has 1 saturated heterocycles. The molecule has 0 radical (unpaired) electrons. The van der Waals surface area contributed by atoms with Crippen LogP contribution in [0.2, 0.25) is 0 Å². The lowest BCUT2D eigenvalue weighted by Gasteiger charge is -2.16. The number of ketones is 1. The molecule has 148 valence electrons. The van der Waals surface area contributed by atoms with Crippen LogP contribution in [-0.2, 0) is 9.84 Å². The van der Waals surface area contributed by atoms with E-state index in [1.54, 1.807) is 0 Å². The Morgan fingerprint density at radius 3 is 2.78 bits per heavy atom. The average Bonchev–Trinajstić information content (AvgIpc) is 3.23. The van der Waals surface area contributed by atoms with E-state index in [0.717, 1.165) is 11.4 Å². The van der Waals surface area contributed by atoms with Crippen LogP contribution >= 0.6 is 23.1 Å². The number of thioether (sulfide) groups is 1. The molecule has 2 aromatic heterocycles. The lowest BCUT2D eigenvalue weighted by Crippen LogP contribution is -2.14. The van der Waals surface area contributed by atoms with Crippen molar-refractivity contribution < 1.29 is 17.9 Å². The molecule has 1 aliphatic heterocycles. The predicted molar refractivity (Wildman–Crippen MR) is 107 cm³/mol. The fraction of sp³-hybridized carbons (Fsp3) is 0.588. The number of rotatable bonds is 7. The Morgan fingerprint density at radius 2 is 2.15 bits per heavy atom. The first-order chi connectivity index (χ1) is 12.7. The molecule has 0 spiro atoms. The van der Waals surface area contributed by atoms with Crippen molar-refractivity contribution in [3.63, 3.8) is 0 Å². The second-order valence-corrected chi connectivity index (χ2v) is 11.3. The van der Waals surface area contributed by atoms with Gasteiger partial charge in [-0.05, 0) is 51.5 Å². The van der Waals surface area contributed by atoms with Crippen LogP contribution in [0.25, 0.3) is 0 Å². The van der Waals surface area contributed by atoms with Gasteiger partial charge in [0.15, 0.2) is 20.0 Å². The van der Waals surface area contributed by atoms with Crippen molar-refractivity contribution in [3.05, 3.63) is 23.0 Å². The minimum Gasteiger partial charge on any atom is -0.466 e. The number of sulfone groups is 1. The molecule has 1 fully saturated rings. The summed E-state index contributed by atoms with van der Waals surface area (Å²) < 4.78 is 31.8. The SMILES string of the molecule is Cc1cc(C(=O)CSc2nnc(OC(C)C)s2)c(C)n1C1CCS(=O)(=O)C1. The number of hydrogen-bond donors (Lipinski definition) is 0. The third-order valence-electron chi connectivity index (χ3n) is 4.41. The fourth-order valence-electron chi connectivity index (χ4n) is 3.31. The highest BCUT2D eigenvalue weighted by atomic mass is 32.2. The molecular weight excluding hydrogens is 406 g/mol. The summed E-state index contributed by atoms with van der Waals surface area (Å²) in [5.41, 5.74) is 2.40. The molecule has 3 heterocycles. The van der Waals surface area contributed by atoms with Gasteiger partial charge in [-0.25, -0.2) is 8.42 Å². The second kappa shape index (κ2) is 7.92. The van der Waals surface area contributed by atoms with E-state index in [9.17, 15) is 13.2 Å². The first-order valence-corrected chi connectivity index (χ1v) is 12.3. The first-order valence-electron chi connectivity index (χ1n) is 8.71. The Labute approximate surface area is 167 Å². The van der Waals surface area contributed by atoms with Gasteiger partial charge in [0.1, 0.15) is 0 Å². The van der Waals surface area contributed by atoms with Crippen LogP contribution in [0.1, 0.15) is 48.1 Å². The average molecular weight is 430 g/mol. The van der Waals surface area contributed by atoms with E-state index in [0.29, 0.717) is 21.5 Å². The minimum atomic E-state index is -2.98. The van der Waals surface area contributed by atoms with Gasteiger partial charge in [0.05, 0.1) is 23.4 Å². The van der Waals surface area contributed by atoms with Crippen molar-refractivity contribution >= 4 is 38.7 Å². The summed E-state index contributed by atoms with van der Waals surface area (Å²) in [6.07, 6.45) is 0.632. The molecule has 3 rings (SSSR count). The molecule has 0 saturated carbocycles. The molecule has 0 aromatic carbocycles. The molecule has 1 unspecified atom stereocenters. The van der Waals surface area contributed by atoms with Crippen molar-refractivity contribution in [2.75, 3.05) is 17.3 Å². The van der Waals surface area contributed by atoms with Crippen LogP contribution in [0.3, 0.4) is 0 Å². The maximum atomic E-state index is 12.7. The summed E-state index contributed by atoms with van der Waals surface area (Å²) >= 11 is 2.66. The summed E-state index contributed by atoms with van der Waals surface area (Å²) in [6.45, 7) is 7.64. The number of carbonyl (C=O) groups excluding carboxylic acids is 1. The van der Waals surface area contributed by atoms with E-state index in [4.69, 9.17) is 4.74 Å². The highest BCUT2D eigenvalue weighted by Crippen LogP contribution is 2.31. The zero-order valence-corrected chi connectivity index (χ0v) is 18.2. The maximum absolute atomic E-state index is 12.7. The van der Waals surface area contributed by atoms with E-state index in [1.807, 2.05) is 38.3 Å². The summed E-state index contributed by atoms with van der Waals surface area (Å²) in [7, 11) is -2.98.